The highest BCUT2D eigenvalue weighted by Gasteiger charge is 2.31. The van der Waals surface area contributed by atoms with E-state index in [0.29, 0.717) is 39.6 Å². The van der Waals surface area contributed by atoms with Gasteiger partial charge in [-0.15, -0.1) is 0 Å². The zero-order valence-corrected chi connectivity index (χ0v) is 24.5. The Balaban J connectivity index is 1.00. The molecule has 3 aromatic carbocycles. The molecular formula is C38H42O4. The second kappa shape index (κ2) is 13.8. The van der Waals surface area contributed by atoms with Crippen LogP contribution in [0.2, 0.25) is 0 Å². The van der Waals surface area contributed by atoms with Crippen molar-refractivity contribution in [3.8, 4) is 0 Å². The van der Waals surface area contributed by atoms with Crippen LogP contribution in [-0.4, -0.2) is 51.4 Å². The first-order valence-corrected chi connectivity index (χ1v) is 15.4. The fourth-order valence-corrected chi connectivity index (χ4v) is 5.80. The molecule has 0 aromatic heterocycles. The predicted molar refractivity (Wildman–Crippen MR) is 171 cm³/mol. The van der Waals surface area contributed by atoms with Crippen molar-refractivity contribution in [3.63, 3.8) is 0 Å². The van der Waals surface area contributed by atoms with Crippen LogP contribution in [0.5, 0.6) is 0 Å². The van der Waals surface area contributed by atoms with E-state index in [-0.39, 0.29) is 6.61 Å². The van der Waals surface area contributed by atoms with Crippen LogP contribution in [0.4, 0.5) is 0 Å². The van der Waals surface area contributed by atoms with Crippen molar-refractivity contribution >= 4 is 18.2 Å². The summed E-state index contributed by atoms with van der Waals surface area (Å²) in [5.41, 5.74) is 11.7. The second-order valence-corrected chi connectivity index (χ2v) is 12.0. The molecule has 6 rings (SSSR count). The maximum absolute atomic E-state index is 10.5. The van der Waals surface area contributed by atoms with Gasteiger partial charge in [0, 0.05) is 0 Å². The van der Waals surface area contributed by atoms with Gasteiger partial charge in [0.1, 0.15) is 0 Å². The molecule has 0 unspecified atom stereocenters. The summed E-state index contributed by atoms with van der Waals surface area (Å²) in [6, 6.07) is 19.9. The van der Waals surface area contributed by atoms with Crippen molar-refractivity contribution in [1.82, 2.24) is 0 Å². The molecule has 3 aliphatic rings. The van der Waals surface area contributed by atoms with Gasteiger partial charge in [0.2, 0.25) is 0 Å². The fourth-order valence-electron chi connectivity index (χ4n) is 5.80. The standard InChI is InChI=1S/C38H42O4/c39-25-38(26-40-19-1-4-29-7-10-32-13-16-35(32)22-29,27-41-20-2-5-30-8-11-33-14-17-36(33)23-30)28-42-21-3-6-31-9-12-34-15-18-37(34)24-31/h1-12,22-24,39H,13-21,25-28H2/b4-1+,5-2+,6-3+. The minimum absolute atomic E-state index is 0.0788. The Kier molecular flexibility index (Phi) is 9.47. The molecule has 0 saturated heterocycles. The van der Waals surface area contributed by atoms with E-state index in [1.807, 2.05) is 18.2 Å². The topological polar surface area (TPSA) is 47.9 Å². The van der Waals surface area contributed by atoms with Crippen LogP contribution in [0.25, 0.3) is 18.2 Å². The van der Waals surface area contributed by atoms with Crippen molar-refractivity contribution in [2.24, 2.45) is 5.41 Å². The number of aliphatic hydroxyl groups is 1. The Labute approximate surface area is 250 Å². The lowest BCUT2D eigenvalue weighted by Crippen LogP contribution is -2.41. The number of aryl methyl sites for hydroxylation is 6. The average Bonchev–Trinajstić information content (AvgIpc) is 2.96. The van der Waals surface area contributed by atoms with Gasteiger partial charge in [0.25, 0.3) is 0 Å². The van der Waals surface area contributed by atoms with E-state index < -0.39 is 5.41 Å². The number of fused-ring (bicyclic) bond motifs is 3. The van der Waals surface area contributed by atoms with Crippen molar-refractivity contribution < 1.29 is 19.3 Å². The van der Waals surface area contributed by atoms with Gasteiger partial charge in [-0.25, -0.2) is 0 Å². The van der Waals surface area contributed by atoms with Gasteiger partial charge in [-0.05, 0) is 88.6 Å². The molecule has 0 atom stereocenters. The Morgan fingerprint density at radius 2 is 0.833 bits per heavy atom. The van der Waals surface area contributed by atoms with Gasteiger partial charge in [-0.2, -0.15) is 0 Å². The molecule has 42 heavy (non-hydrogen) atoms. The van der Waals surface area contributed by atoms with E-state index in [2.05, 4.69) is 72.8 Å². The third-order valence-electron chi connectivity index (χ3n) is 8.82. The van der Waals surface area contributed by atoms with Gasteiger partial charge in [-0.1, -0.05) is 91.1 Å². The highest BCUT2D eigenvalue weighted by atomic mass is 16.5. The molecular weight excluding hydrogens is 520 g/mol. The zero-order chi connectivity index (χ0) is 28.6. The van der Waals surface area contributed by atoms with Crippen molar-refractivity contribution in [2.75, 3.05) is 46.2 Å². The second-order valence-electron chi connectivity index (χ2n) is 12.0. The number of benzene rings is 3. The average molecular weight is 563 g/mol. The Morgan fingerprint density at radius 1 is 0.500 bits per heavy atom. The van der Waals surface area contributed by atoms with E-state index in [4.69, 9.17) is 14.2 Å². The van der Waals surface area contributed by atoms with E-state index in [1.54, 1.807) is 0 Å². The first-order chi connectivity index (χ1) is 20.7. The zero-order valence-electron chi connectivity index (χ0n) is 24.5. The minimum atomic E-state index is -0.642. The number of rotatable bonds is 16. The van der Waals surface area contributed by atoms with Crippen LogP contribution in [-0.2, 0) is 52.7 Å². The first-order valence-electron chi connectivity index (χ1n) is 15.4. The Hall–Kier alpha value is -3.28. The maximum atomic E-state index is 10.5. The quantitative estimate of drug-likeness (QED) is 0.204. The molecule has 1 N–H and O–H groups in total. The highest BCUT2D eigenvalue weighted by Crippen LogP contribution is 2.26. The predicted octanol–water partition coefficient (Wildman–Crippen LogP) is 6.45. The molecule has 0 spiro atoms. The fraction of sp³-hybridized carbons (Fsp3) is 0.368. The lowest BCUT2D eigenvalue weighted by atomic mass is 9.87. The van der Waals surface area contributed by atoms with Gasteiger partial charge in [0.05, 0.1) is 51.7 Å². The molecule has 3 aliphatic carbocycles. The summed E-state index contributed by atoms with van der Waals surface area (Å²) in [6.07, 6.45) is 19.6. The van der Waals surface area contributed by atoms with Crippen molar-refractivity contribution in [1.29, 1.82) is 0 Å². The van der Waals surface area contributed by atoms with Crippen LogP contribution in [0.15, 0.2) is 72.8 Å². The summed E-state index contributed by atoms with van der Waals surface area (Å²) in [7, 11) is 0. The normalized spacial score (nSPS) is 15.4. The molecule has 218 valence electrons. The van der Waals surface area contributed by atoms with Gasteiger partial charge in [0.15, 0.2) is 0 Å². The summed E-state index contributed by atoms with van der Waals surface area (Å²) in [5.74, 6) is 0. The number of ether oxygens (including phenoxy) is 3. The molecule has 0 radical (unpaired) electrons. The summed E-state index contributed by atoms with van der Waals surface area (Å²) < 4.78 is 18.2. The number of aliphatic hydroxyl groups excluding tert-OH is 1. The molecule has 0 amide bonds. The van der Waals surface area contributed by atoms with Gasteiger partial charge in [-0.3, -0.25) is 0 Å². The SMILES string of the molecule is OCC(COC/C=C/c1ccc2c(c1)CC2)(COC/C=C/c1ccc2c(c1)CC2)COC/C=C/c1ccc2c(c1)CC2. The minimum Gasteiger partial charge on any atom is -0.396 e. The lowest BCUT2D eigenvalue weighted by Gasteiger charge is -2.30. The van der Waals surface area contributed by atoms with Crippen molar-refractivity contribution in [2.45, 2.75) is 38.5 Å². The van der Waals surface area contributed by atoms with Gasteiger partial charge >= 0.3 is 0 Å². The third kappa shape index (κ3) is 7.19. The van der Waals surface area contributed by atoms with Crippen LogP contribution in [0, 0.1) is 5.41 Å². The van der Waals surface area contributed by atoms with Crippen LogP contribution in [0.1, 0.15) is 50.1 Å². The summed E-state index contributed by atoms with van der Waals surface area (Å²) in [4.78, 5) is 0. The summed E-state index contributed by atoms with van der Waals surface area (Å²) in [5, 5.41) is 10.5. The Bertz CT molecular complexity index is 1290. The monoisotopic (exact) mass is 562 g/mol. The lowest BCUT2D eigenvalue weighted by molar-refractivity contribution is -0.0820. The molecule has 4 heteroatoms. The summed E-state index contributed by atoms with van der Waals surface area (Å²) >= 11 is 0. The van der Waals surface area contributed by atoms with E-state index >= 15 is 0 Å². The number of hydrogen-bond acceptors (Lipinski definition) is 4. The van der Waals surface area contributed by atoms with Gasteiger partial charge < -0.3 is 19.3 Å². The smallest absolute Gasteiger partial charge is 0.0651 e. The van der Waals surface area contributed by atoms with Crippen LogP contribution < -0.4 is 0 Å². The molecule has 0 aliphatic heterocycles. The van der Waals surface area contributed by atoms with Crippen molar-refractivity contribution in [3.05, 3.63) is 123 Å². The van der Waals surface area contributed by atoms with E-state index in [9.17, 15) is 5.11 Å². The molecule has 4 nitrogen and oxygen atoms in total. The highest BCUT2D eigenvalue weighted by molar-refractivity contribution is 5.55. The van der Waals surface area contributed by atoms with E-state index in [1.165, 1.54) is 88.6 Å². The summed E-state index contributed by atoms with van der Waals surface area (Å²) in [6.45, 7) is 2.37. The molecule has 0 heterocycles. The van der Waals surface area contributed by atoms with Crippen LogP contribution >= 0.6 is 0 Å². The Morgan fingerprint density at radius 3 is 1.10 bits per heavy atom. The van der Waals surface area contributed by atoms with E-state index in [0.717, 1.165) is 0 Å². The maximum Gasteiger partial charge on any atom is 0.0651 e. The van der Waals surface area contributed by atoms with Crippen LogP contribution in [0.3, 0.4) is 0 Å². The molecule has 0 bridgehead atoms. The first kappa shape index (κ1) is 28.8. The molecule has 0 fully saturated rings. The largest absolute Gasteiger partial charge is 0.396 e. The molecule has 0 saturated carbocycles. The third-order valence-corrected chi connectivity index (χ3v) is 8.82. The molecule has 3 aromatic rings. The number of hydrogen-bond donors (Lipinski definition) is 1.